The van der Waals surface area contributed by atoms with E-state index in [0.717, 1.165) is 0 Å². The Hall–Kier alpha value is 1.00. The third-order valence-electron chi connectivity index (χ3n) is 0. The van der Waals surface area contributed by atoms with E-state index in [1.54, 1.807) is 0 Å². The van der Waals surface area contributed by atoms with Crippen LogP contribution in [0, 0.1) is 0 Å². The Kier molecular flexibility index (Phi) is 134. The fraction of sp³-hybridized carbons (Fsp3) is 0. The first-order chi connectivity index (χ1) is 11.2. The minimum atomic E-state index is -5.17. The van der Waals surface area contributed by atoms with Crippen molar-refractivity contribution in [2.45, 2.75) is 0 Å². The molecule has 35 heteroatoms. The van der Waals surface area contributed by atoms with Crippen molar-refractivity contribution in [3.8, 4) is 0 Å². The van der Waals surface area contributed by atoms with Gasteiger partial charge in [0, 0.05) is 58.7 Å². The van der Waals surface area contributed by atoms with Gasteiger partial charge in [-0.2, -0.15) is 0 Å². The summed E-state index contributed by atoms with van der Waals surface area (Å²) in [7, 11) is -26.4. The van der Waals surface area contributed by atoms with Crippen LogP contribution in [0.4, 0.5) is 0 Å². The molecule has 35 heavy (non-hydrogen) atoms. The van der Waals surface area contributed by atoms with Crippen molar-refractivity contribution in [1.82, 2.24) is 0 Å². The molecule has 0 fully saturated rings. The summed E-state index contributed by atoms with van der Waals surface area (Å²) in [5, 5.41) is 0. The van der Waals surface area contributed by atoms with Gasteiger partial charge in [-0.15, -0.1) is 0 Å². The standard InChI is InChI=1S/5Al.3H2O4S.3O3Si.3H2O/c;;;;;3*1-5(2,3)4;3*1-4(2)3;;;/h;;;;;3*(H2,1,2,3,4);;;;3*1H2/q5*+3;;;;3*-2;;;/p-9. The van der Waals surface area contributed by atoms with E-state index >= 15 is 0 Å². The van der Waals surface area contributed by atoms with Crippen molar-refractivity contribution in [1.29, 1.82) is 0 Å². The van der Waals surface area contributed by atoms with Crippen molar-refractivity contribution in [2.24, 2.45) is 0 Å². The summed E-state index contributed by atoms with van der Waals surface area (Å²) >= 11 is 0. The van der Waals surface area contributed by atoms with E-state index in [1.165, 1.54) is 0 Å². The molecule has 0 saturated carbocycles. The molecular weight excluding hydrogens is 699 g/mol. The molecule has 0 aliphatic carbocycles. The van der Waals surface area contributed by atoms with Crippen molar-refractivity contribution in [2.75, 3.05) is 0 Å². The second-order valence-corrected chi connectivity index (χ2v) is 5.92. The Morgan fingerprint density at radius 2 is 0.343 bits per heavy atom. The number of rotatable bonds is 0. The molecule has 0 aliphatic rings. The van der Waals surface area contributed by atoms with Crippen LogP contribution in [0.25, 0.3) is 0 Å². The smallest absolute Gasteiger partial charge is 0.870 e. The van der Waals surface area contributed by atoms with E-state index in [0.29, 0.717) is 0 Å². The fourth-order valence-corrected chi connectivity index (χ4v) is 0. The Balaban J connectivity index is -0.0000000121. The van der Waals surface area contributed by atoms with Crippen LogP contribution in [-0.2, 0) is 44.6 Å². The fourth-order valence-electron chi connectivity index (χ4n) is 0. The van der Waals surface area contributed by atoms with Gasteiger partial charge in [-0.1, -0.05) is 0 Å². The average Bonchev–Trinajstić information content (AvgIpc) is 2.01. The first kappa shape index (κ1) is 91.1. The van der Waals surface area contributed by atoms with Gasteiger partial charge in [0.1, 0.15) is 0 Å². The third-order valence-corrected chi connectivity index (χ3v) is 0. The Bertz CT molecular complexity index is 576. The van der Waals surface area contributed by atoms with Gasteiger partial charge in [0.15, 0.2) is 0 Å². The summed E-state index contributed by atoms with van der Waals surface area (Å²) in [5.74, 6) is 0. The molecule has 0 radical (unpaired) electrons. The summed E-state index contributed by atoms with van der Waals surface area (Å²) in [4.78, 5) is 51.1. The molecule has 0 amide bonds. The maximum absolute atomic E-state index is 8.52. The zero-order chi connectivity index (χ0) is 24.2. The molecular formula is H3Al5O24S3Si3. The van der Waals surface area contributed by atoms with Crippen molar-refractivity contribution < 1.29 is 111 Å². The molecule has 0 aliphatic heterocycles. The minimum Gasteiger partial charge on any atom is -0.870 e. The van der Waals surface area contributed by atoms with Crippen LogP contribution >= 0.6 is 0 Å². The molecule has 192 valence electrons. The Morgan fingerprint density at radius 1 is 0.343 bits per heavy atom. The zero-order valence-corrected chi connectivity index (χ0v) is 26.7. The third kappa shape index (κ3) is 37900. The predicted octanol–water partition coefficient (Wildman–Crippen LogP) is -15.1. The first-order valence-electron chi connectivity index (χ1n) is 3.84. The van der Waals surface area contributed by atoms with Gasteiger partial charge in [0.05, 0.1) is 0 Å². The Morgan fingerprint density at radius 3 is 0.343 bits per heavy atom. The van der Waals surface area contributed by atoms with E-state index in [1.807, 2.05) is 0 Å². The summed E-state index contributed by atoms with van der Waals surface area (Å²) in [5.41, 5.74) is 0. The first-order valence-corrected chi connectivity index (χ1v) is 11.5. The number of hydrogen-bond acceptors (Lipinski definition) is 24. The van der Waals surface area contributed by atoms with Crippen LogP contribution < -0.4 is 28.8 Å². The molecule has 3 N–H and O–H groups in total. The molecule has 0 bridgehead atoms. The van der Waals surface area contributed by atoms with Crippen LogP contribution in [0.3, 0.4) is 0 Å². The molecule has 0 aromatic rings. The Labute approximate surface area is 254 Å². The maximum atomic E-state index is 8.52. The van der Waals surface area contributed by atoms with Gasteiger partial charge in [0.25, 0.3) is 0 Å². The zero-order valence-electron chi connectivity index (χ0n) is 15.5. The van der Waals surface area contributed by atoms with Crippen LogP contribution in [0.15, 0.2) is 0 Å². The predicted molar refractivity (Wildman–Crippen MR) is 85.3 cm³/mol. The molecule has 0 saturated heterocycles. The molecule has 0 heterocycles. The van der Waals surface area contributed by atoms with Crippen LogP contribution in [0.1, 0.15) is 0 Å². The van der Waals surface area contributed by atoms with Crippen molar-refractivity contribution >= 4 is 146 Å². The largest absolute Gasteiger partial charge is 3.00 e. The molecule has 0 spiro atoms. The van der Waals surface area contributed by atoms with Gasteiger partial charge in [-0.05, 0) is 0 Å². The normalized spacial score (nSPS) is 7.03. The summed E-state index contributed by atoms with van der Waals surface area (Å²) in [6, 6.07) is 0. The SMILES string of the molecule is O=S(=O)([O-])[O-].O=S(=O)([O-])[O-].O=S(=O)([O-])[O-].O=[Si]([O-])[O-].O=[Si]([O-])[O-].O=[Si]([O-])[O-].[Al+3].[Al+3].[Al+3].[Al+3].[Al+3].[OH-].[OH-].[OH-]. The summed E-state index contributed by atoms with van der Waals surface area (Å²) in [6.07, 6.45) is 0. The topological polar surface area (TPSA) is 520 Å². The quantitative estimate of drug-likeness (QED) is 0.128. The van der Waals surface area contributed by atoms with Gasteiger partial charge in [-0.25, -0.2) is 0 Å². The molecule has 0 rings (SSSR count). The van der Waals surface area contributed by atoms with E-state index in [2.05, 4.69) is 0 Å². The summed E-state index contributed by atoms with van der Waals surface area (Å²) < 4.78 is 128. The van der Waals surface area contributed by atoms with E-state index in [4.69, 9.17) is 94.7 Å². The van der Waals surface area contributed by atoms with Gasteiger partial charge in [-0.3, -0.25) is 25.3 Å². The summed E-state index contributed by atoms with van der Waals surface area (Å²) in [6.45, 7) is 0. The molecule has 24 nitrogen and oxygen atoms in total. The van der Waals surface area contributed by atoms with Gasteiger partial charge >= 0.3 is 86.8 Å². The molecule has 0 aromatic heterocycles. The van der Waals surface area contributed by atoms with Crippen LogP contribution in [-0.4, -0.2) is 183 Å². The van der Waals surface area contributed by atoms with Crippen molar-refractivity contribution in [3.63, 3.8) is 0 Å². The minimum absolute atomic E-state index is 0. The second-order valence-electron chi connectivity index (χ2n) is 1.97. The van der Waals surface area contributed by atoms with E-state index in [-0.39, 0.29) is 103 Å². The second kappa shape index (κ2) is 51.6. The van der Waals surface area contributed by atoms with Crippen LogP contribution in [0.5, 0.6) is 0 Å². The monoisotopic (exact) mass is 702 g/mol. The van der Waals surface area contributed by atoms with Crippen molar-refractivity contribution in [3.05, 3.63) is 0 Å². The average molecular weight is 702 g/mol. The maximum Gasteiger partial charge on any atom is 3.00 e. The molecule has 0 unspecified atom stereocenters. The molecule has 0 atom stereocenters. The number of hydrogen-bond donors (Lipinski definition) is 0. The molecule has 0 aromatic carbocycles. The van der Waals surface area contributed by atoms with E-state index in [9.17, 15) is 0 Å². The van der Waals surface area contributed by atoms with Gasteiger partial charge in [0.2, 0.25) is 0 Å². The van der Waals surface area contributed by atoms with Crippen LogP contribution in [0.2, 0.25) is 0 Å². The van der Waals surface area contributed by atoms with E-state index < -0.39 is 58.7 Å². The van der Waals surface area contributed by atoms with Gasteiger partial charge < -0.3 is 85.9 Å².